The van der Waals surface area contributed by atoms with Crippen LogP contribution >= 0.6 is 23.8 Å². The SMILES string of the molecule is S=C(NN=Cc1ccc(Cl)cc1)NC1CCCCC1. The first-order chi connectivity index (χ1) is 9.24. The number of thiocarbonyl (C=S) groups is 1. The zero-order valence-electron chi connectivity index (χ0n) is 10.7. The molecule has 1 aromatic carbocycles. The lowest BCUT2D eigenvalue weighted by molar-refractivity contribution is 0.412. The molecule has 0 aromatic heterocycles. The van der Waals surface area contributed by atoms with Gasteiger partial charge in [0, 0.05) is 11.1 Å². The van der Waals surface area contributed by atoms with Crippen LogP contribution in [0.5, 0.6) is 0 Å². The third kappa shape index (κ3) is 5.17. The number of rotatable bonds is 3. The second-order valence-electron chi connectivity index (χ2n) is 4.73. The molecule has 102 valence electrons. The first kappa shape index (κ1) is 14.3. The van der Waals surface area contributed by atoms with Crippen molar-refractivity contribution in [3.8, 4) is 0 Å². The molecule has 3 nitrogen and oxygen atoms in total. The third-order valence-electron chi connectivity index (χ3n) is 3.19. The molecule has 0 aliphatic heterocycles. The average molecular weight is 296 g/mol. The lowest BCUT2D eigenvalue weighted by Gasteiger charge is -2.23. The van der Waals surface area contributed by atoms with Crippen molar-refractivity contribution in [3.63, 3.8) is 0 Å². The van der Waals surface area contributed by atoms with Gasteiger partial charge in [-0.15, -0.1) is 0 Å². The molecule has 0 radical (unpaired) electrons. The van der Waals surface area contributed by atoms with Gasteiger partial charge in [0.05, 0.1) is 6.21 Å². The van der Waals surface area contributed by atoms with E-state index in [0.717, 1.165) is 10.6 Å². The molecular weight excluding hydrogens is 278 g/mol. The van der Waals surface area contributed by atoms with Crippen LogP contribution < -0.4 is 10.7 Å². The number of hydrogen-bond acceptors (Lipinski definition) is 2. The first-order valence-electron chi connectivity index (χ1n) is 6.59. The number of hydrogen-bond donors (Lipinski definition) is 2. The van der Waals surface area contributed by atoms with E-state index in [9.17, 15) is 0 Å². The number of halogens is 1. The van der Waals surface area contributed by atoms with E-state index in [1.807, 2.05) is 24.3 Å². The molecule has 1 aliphatic rings. The van der Waals surface area contributed by atoms with Crippen LogP contribution in [-0.2, 0) is 0 Å². The van der Waals surface area contributed by atoms with E-state index >= 15 is 0 Å². The Kier molecular flexibility index (Phi) is 5.61. The number of hydrazone groups is 1. The van der Waals surface area contributed by atoms with E-state index in [2.05, 4.69) is 15.8 Å². The topological polar surface area (TPSA) is 36.4 Å². The Morgan fingerprint density at radius 1 is 1.21 bits per heavy atom. The molecular formula is C14H18ClN3S. The highest BCUT2D eigenvalue weighted by Gasteiger charge is 2.13. The molecule has 0 amide bonds. The third-order valence-corrected chi connectivity index (χ3v) is 3.65. The van der Waals surface area contributed by atoms with Gasteiger partial charge < -0.3 is 5.32 Å². The van der Waals surface area contributed by atoms with Gasteiger partial charge in [0.1, 0.15) is 0 Å². The van der Waals surface area contributed by atoms with E-state index in [-0.39, 0.29) is 0 Å². The molecule has 19 heavy (non-hydrogen) atoms. The van der Waals surface area contributed by atoms with E-state index < -0.39 is 0 Å². The second kappa shape index (κ2) is 7.46. The molecule has 2 N–H and O–H groups in total. The summed E-state index contributed by atoms with van der Waals surface area (Å²) >= 11 is 11.0. The van der Waals surface area contributed by atoms with Crippen LogP contribution in [0.3, 0.4) is 0 Å². The van der Waals surface area contributed by atoms with Crippen LogP contribution in [-0.4, -0.2) is 17.4 Å². The lowest BCUT2D eigenvalue weighted by atomic mass is 9.96. The van der Waals surface area contributed by atoms with Gasteiger partial charge in [0.25, 0.3) is 0 Å². The lowest BCUT2D eigenvalue weighted by Crippen LogP contribution is -2.40. The van der Waals surface area contributed by atoms with Gasteiger partial charge in [-0.25, -0.2) is 0 Å². The van der Waals surface area contributed by atoms with Gasteiger partial charge in [-0.3, -0.25) is 5.43 Å². The molecule has 1 saturated carbocycles. The van der Waals surface area contributed by atoms with Crippen molar-refractivity contribution in [2.45, 2.75) is 38.1 Å². The highest BCUT2D eigenvalue weighted by atomic mass is 35.5. The fraction of sp³-hybridized carbons (Fsp3) is 0.429. The van der Waals surface area contributed by atoms with Crippen LogP contribution in [0.15, 0.2) is 29.4 Å². The summed E-state index contributed by atoms with van der Waals surface area (Å²) < 4.78 is 0. The molecule has 1 fully saturated rings. The summed E-state index contributed by atoms with van der Waals surface area (Å²) in [6.07, 6.45) is 8.03. The maximum absolute atomic E-state index is 5.81. The van der Waals surface area contributed by atoms with Gasteiger partial charge in [-0.05, 0) is 42.8 Å². The van der Waals surface area contributed by atoms with Gasteiger partial charge in [-0.1, -0.05) is 43.0 Å². The zero-order chi connectivity index (χ0) is 13.5. The maximum Gasteiger partial charge on any atom is 0.187 e. The predicted octanol–water partition coefficient (Wildman–Crippen LogP) is 3.47. The maximum atomic E-state index is 5.81. The zero-order valence-corrected chi connectivity index (χ0v) is 12.3. The van der Waals surface area contributed by atoms with Crippen LogP contribution in [0.2, 0.25) is 5.02 Å². The Hall–Kier alpha value is -1.13. The van der Waals surface area contributed by atoms with Crippen LogP contribution in [0.4, 0.5) is 0 Å². The molecule has 0 atom stereocenters. The van der Waals surface area contributed by atoms with Crippen molar-refractivity contribution < 1.29 is 0 Å². The van der Waals surface area contributed by atoms with Gasteiger partial charge in [0.15, 0.2) is 5.11 Å². The summed E-state index contributed by atoms with van der Waals surface area (Å²) in [4.78, 5) is 0. The van der Waals surface area contributed by atoms with Crippen molar-refractivity contribution in [2.75, 3.05) is 0 Å². The fourth-order valence-electron chi connectivity index (χ4n) is 2.18. The molecule has 0 saturated heterocycles. The summed E-state index contributed by atoms with van der Waals surface area (Å²) in [5, 5.41) is 8.73. The van der Waals surface area contributed by atoms with Crippen molar-refractivity contribution in [1.29, 1.82) is 0 Å². The van der Waals surface area contributed by atoms with Crippen LogP contribution in [0.25, 0.3) is 0 Å². The van der Waals surface area contributed by atoms with Crippen LogP contribution in [0, 0.1) is 0 Å². The van der Waals surface area contributed by atoms with Gasteiger partial charge in [-0.2, -0.15) is 5.10 Å². The normalized spacial score (nSPS) is 16.5. The summed E-state index contributed by atoms with van der Waals surface area (Å²) in [6.45, 7) is 0. The Balaban J connectivity index is 1.74. The summed E-state index contributed by atoms with van der Waals surface area (Å²) in [5.74, 6) is 0. The van der Waals surface area contributed by atoms with E-state index in [0.29, 0.717) is 11.2 Å². The monoisotopic (exact) mass is 295 g/mol. The van der Waals surface area contributed by atoms with E-state index in [1.54, 1.807) is 6.21 Å². The first-order valence-corrected chi connectivity index (χ1v) is 7.38. The number of benzene rings is 1. The van der Waals surface area contributed by atoms with Crippen LogP contribution in [0.1, 0.15) is 37.7 Å². The van der Waals surface area contributed by atoms with Gasteiger partial charge in [0.2, 0.25) is 0 Å². The molecule has 1 aromatic rings. The highest BCUT2D eigenvalue weighted by Crippen LogP contribution is 2.17. The van der Waals surface area contributed by atoms with Crippen molar-refractivity contribution in [2.24, 2.45) is 5.10 Å². The minimum absolute atomic E-state index is 0.500. The molecule has 0 spiro atoms. The van der Waals surface area contributed by atoms with Crippen molar-refractivity contribution >= 4 is 35.1 Å². The minimum Gasteiger partial charge on any atom is -0.359 e. The molecule has 1 aliphatic carbocycles. The molecule has 2 rings (SSSR count). The minimum atomic E-state index is 0.500. The molecule has 0 bridgehead atoms. The molecule has 5 heteroatoms. The fourth-order valence-corrected chi connectivity index (χ4v) is 2.52. The summed E-state index contributed by atoms with van der Waals surface area (Å²) in [7, 11) is 0. The summed E-state index contributed by atoms with van der Waals surface area (Å²) in [5.41, 5.74) is 3.83. The molecule has 0 heterocycles. The Morgan fingerprint density at radius 3 is 2.58 bits per heavy atom. The Bertz CT molecular complexity index is 439. The number of nitrogens with one attached hydrogen (secondary N) is 2. The van der Waals surface area contributed by atoms with Crippen molar-refractivity contribution in [3.05, 3.63) is 34.9 Å². The standard InChI is InChI=1S/C14H18ClN3S/c15-12-8-6-11(7-9-12)10-16-18-14(19)17-13-4-2-1-3-5-13/h6-10,13H,1-5H2,(H2,17,18,19). The predicted molar refractivity (Wildman–Crippen MR) is 84.8 cm³/mol. The quantitative estimate of drug-likeness (QED) is 0.509. The molecule has 0 unspecified atom stereocenters. The summed E-state index contributed by atoms with van der Waals surface area (Å²) in [6, 6.07) is 7.98. The average Bonchev–Trinajstić information content (AvgIpc) is 2.42. The van der Waals surface area contributed by atoms with Crippen molar-refractivity contribution in [1.82, 2.24) is 10.7 Å². The van der Waals surface area contributed by atoms with E-state index in [4.69, 9.17) is 23.8 Å². The second-order valence-corrected chi connectivity index (χ2v) is 5.57. The van der Waals surface area contributed by atoms with E-state index in [1.165, 1.54) is 32.1 Å². The Labute approximate surface area is 124 Å². The van der Waals surface area contributed by atoms with Gasteiger partial charge >= 0.3 is 0 Å². The Morgan fingerprint density at radius 2 is 1.89 bits per heavy atom. The highest BCUT2D eigenvalue weighted by molar-refractivity contribution is 7.80. The smallest absolute Gasteiger partial charge is 0.187 e. The largest absolute Gasteiger partial charge is 0.359 e. The number of nitrogens with zero attached hydrogens (tertiary/aromatic N) is 1.